The summed E-state index contributed by atoms with van der Waals surface area (Å²) >= 11 is 0. The van der Waals surface area contributed by atoms with Crippen molar-refractivity contribution in [2.24, 2.45) is 0 Å². The van der Waals surface area contributed by atoms with Gasteiger partial charge in [0.05, 0.1) is 5.56 Å². The summed E-state index contributed by atoms with van der Waals surface area (Å²) in [6.45, 7) is -0.895. The standard InChI is InChI=1S/C29H24F3N5O3/c1-18-34-35-27(39-18)25(19-6-3-2-4-7-19)36-12-14-37(15-13-36)28(38)21-9-5-8-20(16-21)26-33-23-17-22(29(30,31)32)10-11-24(23)40-26/h2-11,16-17,25H,12-15H2,1H3/i1D3. The minimum absolute atomic E-state index is 0.0675. The maximum Gasteiger partial charge on any atom is 0.416 e. The summed E-state index contributed by atoms with van der Waals surface area (Å²) in [5.41, 5.74) is 1.13. The van der Waals surface area contributed by atoms with Gasteiger partial charge in [-0.15, -0.1) is 10.2 Å². The van der Waals surface area contributed by atoms with E-state index in [-0.39, 0.29) is 28.8 Å². The number of aromatic nitrogens is 3. The van der Waals surface area contributed by atoms with Gasteiger partial charge in [0, 0.05) is 48.3 Å². The first kappa shape index (κ1) is 22.3. The first-order valence-corrected chi connectivity index (χ1v) is 12.5. The van der Waals surface area contributed by atoms with Crippen molar-refractivity contribution in [3.8, 4) is 11.5 Å². The third-order valence-electron chi connectivity index (χ3n) is 6.83. The molecule has 0 radical (unpaired) electrons. The van der Waals surface area contributed by atoms with Crippen LogP contribution in [0.25, 0.3) is 22.6 Å². The molecule has 0 aliphatic carbocycles. The number of halogens is 3. The fourth-order valence-corrected chi connectivity index (χ4v) is 4.87. The van der Waals surface area contributed by atoms with Crippen LogP contribution in [0.4, 0.5) is 13.2 Å². The van der Waals surface area contributed by atoms with E-state index in [1.165, 1.54) is 6.07 Å². The Labute approximate surface area is 231 Å². The number of carbonyl (C=O) groups excluding carboxylic acids is 1. The number of oxazole rings is 1. The van der Waals surface area contributed by atoms with Crippen molar-refractivity contribution in [3.05, 3.63) is 101 Å². The van der Waals surface area contributed by atoms with Crippen LogP contribution in [0.15, 0.2) is 81.6 Å². The van der Waals surface area contributed by atoms with Crippen LogP contribution in [0.1, 0.15) is 43.4 Å². The van der Waals surface area contributed by atoms with Crippen LogP contribution >= 0.6 is 0 Å². The zero-order valence-electron chi connectivity index (χ0n) is 23.9. The van der Waals surface area contributed by atoms with Gasteiger partial charge in [-0.3, -0.25) is 9.69 Å². The molecule has 1 aliphatic heterocycles. The fourth-order valence-electron chi connectivity index (χ4n) is 4.87. The number of benzene rings is 3. The van der Waals surface area contributed by atoms with Crippen LogP contribution in [0.2, 0.25) is 0 Å². The lowest BCUT2D eigenvalue weighted by atomic mass is 10.0. The normalized spacial score (nSPS) is 16.9. The van der Waals surface area contributed by atoms with E-state index in [2.05, 4.69) is 20.1 Å². The number of nitrogens with zero attached hydrogens (tertiary/aromatic N) is 5. The molecular formula is C29H24F3N5O3. The van der Waals surface area contributed by atoms with Gasteiger partial charge in [0.15, 0.2) is 5.58 Å². The zero-order chi connectivity index (χ0) is 30.4. The van der Waals surface area contributed by atoms with E-state index in [0.29, 0.717) is 37.3 Å². The highest BCUT2D eigenvalue weighted by Crippen LogP contribution is 2.33. The Bertz CT molecular complexity index is 1760. The number of carbonyl (C=O) groups is 1. The van der Waals surface area contributed by atoms with E-state index in [1.54, 1.807) is 29.2 Å². The molecule has 11 heteroatoms. The topological polar surface area (TPSA) is 88.5 Å². The number of alkyl halides is 3. The highest BCUT2D eigenvalue weighted by molar-refractivity contribution is 5.95. The van der Waals surface area contributed by atoms with Gasteiger partial charge in [-0.05, 0) is 42.0 Å². The number of hydrogen-bond acceptors (Lipinski definition) is 7. The number of fused-ring (bicyclic) bond motifs is 1. The van der Waals surface area contributed by atoms with E-state index in [4.69, 9.17) is 12.9 Å². The molecule has 0 spiro atoms. The average Bonchev–Trinajstić information content (AvgIpc) is 3.65. The van der Waals surface area contributed by atoms with Gasteiger partial charge in [-0.2, -0.15) is 13.2 Å². The molecule has 2 aromatic heterocycles. The monoisotopic (exact) mass is 550 g/mol. The lowest BCUT2D eigenvalue weighted by molar-refractivity contribution is -0.137. The Morgan fingerprint density at radius 3 is 2.48 bits per heavy atom. The lowest BCUT2D eigenvalue weighted by Crippen LogP contribution is -2.50. The van der Waals surface area contributed by atoms with E-state index in [0.717, 1.165) is 17.7 Å². The van der Waals surface area contributed by atoms with Gasteiger partial charge in [0.25, 0.3) is 5.91 Å². The first-order chi connectivity index (χ1) is 20.5. The number of rotatable bonds is 5. The predicted octanol–water partition coefficient (Wildman–Crippen LogP) is 5.75. The molecule has 1 fully saturated rings. The van der Waals surface area contributed by atoms with E-state index >= 15 is 0 Å². The van der Waals surface area contributed by atoms with Crippen LogP contribution in [0.5, 0.6) is 0 Å². The molecule has 1 saturated heterocycles. The molecular weight excluding hydrogens is 523 g/mol. The maximum atomic E-state index is 13.5. The Kier molecular flexibility index (Phi) is 5.71. The van der Waals surface area contributed by atoms with Crippen molar-refractivity contribution in [2.75, 3.05) is 26.2 Å². The van der Waals surface area contributed by atoms with Crippen molar-refractivity contribution in [2.45, 2.75) is 19.1 Å². The van der Waals surface area contributed by atoms with Crippen molar-refractivity contribution < 1.29 is 30.9 Å². The molecule has 8 nitrogen and oxygen atoms in total. The lowest BCUT2D eigenvalue weighted by Gasteiger charge is -2.38. The molecule has 0 N–H and O–H groups in total. The second-order valence-electron chi connectivity index (χ2n) is 9.37. The molecule has 1 amide bonds. The summed E-state index contributed by atoms with van der Waals surface area (Å²) in [4.78, 5) is 21.4. The van der Waals surface area contributed by atoms with Crippen LogP contribution in [0.3, 0.4) is 0 Å². The number of amides is 1. The molecule has 6 rings (SSSR count). The Morgan fingerprint density at radius 2 is 1.75 bits per heavy atom. The van der Waals surface area contributed by atoms with Gasteiger partial charge < -0.3 is 13.7 Å². The summed E-state index contributed by atoms with van der Waals surface area (Å²) in [5.74, 6) is -0.395. The molecule has 5 aromatic rings. The van der Waals surface area contributed by atoms with Gasteiger partial charge in [-0.25, -0.2) is 4.98 Å². The average molecular weight is 551 g/mol. The van der Waals surface area contributed by atoms with E-state index in [9.17, 15) is 18.0 Å². The largest absolute Gasteiger partial charge is 0.436 e. The third kappa shape index (κ3) is 5.07. The van der Waals surface area contributed by atoms with Gasteiger partial charge >= 0.3 is 6.18 Å². The molecule has 0 saturated carbocycles. The van der Waals surface area contributed by atoms with Crippen LogP contribution in [0, 0.1) is 6.85 Å². The van der Waals surface area contributed by atoms with Crippen molar-refractivity contribution in [3.63, 3.8) is 0 Å². The molecule has 1 atom stereocenters. The minimum atomic E-state index is -4.50. The predicted molar refractivity (Wildman–Crippen MR) is 139 cm³/mol. The molecule has 0 bridgehead atoms. The molecule has 40 heavy (non-hydrogen) atoms. The summed E-state index contributed by atoms with van der Waals surface area (Å²) in [5, 5.41) is 7.78. The van der Waals surface area contributed by atoms with Gasteiger partial charge in [0.1, 0.15) is 11.6 Å². The molecule has 3 heterocycles. The molecule has 3 aromatic carbocycles. The quantitative estimate of drug-likeness (QED) is 0.275. The second-order valence-corrected chi connectivity index (χ2v) is 9.37. The molecule has 1 unspecified atom stereocenters. The van der Waals surface area contributed by atoms with Gasteiger partial charge in [0.2, 0.25) is 17.7 Å². The smallest absolute Gasteiger partial charge is 0.416 e. The van der Waals surface area contributed by atoms with E-state index in [1.807, 2.05) is 30.3 Å². The van der Waals surface area contributed by atoms with E-state index < -0.39 is 30.5 Å². The summed E-state index contributed by atoms with van der Waals surface area (Å²) in [7, 11) is 0. The fraction of sp³-hybridized carbons (Fsp3) is 0.241. The van der Waals surface area contributed by atoms with Crippen LogP contribution in [-0.2, 0) is 6.18 Å². The maximum absolute atomic E-state index is 13.5. The van der Waals surface area contributed by atoms with Crippen molar-refractivity contribution in [1.29, 1.82) is 0 Å². The van der Waals surface area contributed by atoms with Crippen LogP contribution < -0.4 is 0 Å². The number of hydrogen-bond donors (Lipinski definition) is 0. The van der Waals surface area contributed by atoms with Gasteiger partial charge in [-0.1, -0.05) is 36.4 Å². The summed E-state index contributed by atoms with van der Waals surface area (Å²) < 4.78 is 73.4. The SMILES string of the molecule is [2H]C([2H])([2H])c1nnc(C(c2ccccc2)N2CCN(C(=O)c3cccc(-c4nc5cc(C(F)(F)F)ccc5o4)c3)CC2)o1. The van der Waals surface area contributed by atoms with Crippen molar-refractivity contribution >= 4 is 17.0 Å². The minimum Gasteiger partial charge on any atom is -0.436 e. The Morgan fingerprint density at radius 1 is 0.950 bits per heavy atom. The number of aryl methyl sites for hydroxylation is 1. The first-order valence-electron chi connectivity index (χ1n) is 14.0. The summed E-state index contributed by atoms with van der Waals surface area (Å²) in [6.07, 6.45) is -4.50. The van der Waals surface area contributed by atoms with Crippen molar-refractivity contribution in [1.82, 2.24) is 25.0 Å². The molecule has 1 aliphatic rings. The van der Waals surface area contributed by atoms with Crippen LogP contribution in [-0.4, -0.2) is 57.1 Å². The summed E-state index contributed by atoms with van der Waals surface area (Å²) in [6, 6.07) is 18.6. The molecule has 204 valence electrons. The highest BCUT2D eigenvalue weighted by atomic mass is 19.4. The Hall–Kier alpha value is -4.51. The third-order valence-corrected chi connectivity index (χ3v) is 6.83. The zero-order valence-corrected chi connectivity index (χ0v) is 20.9. The number of piperazine rings is 1. The Balaban J connectivity index is 1.19. The highest BCUT2D eigenvalue weighted by Gasteiger charge is 2.32. The second kappa shape index (κ2) is 10.2.